The van der Waals surface area contributed by atoms with Gasteiger partial charge in [-0.2, -0.15) is 4.98 Å². The Labute approximate surface area is 194 Å². The predicted molar refractivity (Wildman–Crippen MR) is 125 cm³/mol. The van der Waals surface area contributed by atoms with Crippen molar-refractivity contribution in [3.05, 3.63) is 58.4 Å². The van der Waals surface area contributed by atoms with E-state index in [1.54, 1.807) is 42.5 Å². The molecule has 2 amide bonds. The second-order valence-corrected chi connectivity index (χ2v) is 7.36. The molecule has 1 aliphatic rings. The summed E-state index contributed by atoms with van der Waals surface area (Å²) in [6.45, 7) is 0. The van der Waals surface area contributed by atoms with Gasteiger partial charge in [-0.25, -0.2) is 0 Å². The number of nitrogens with one attached hydrogen (secondary N) is 4. The van der Waals surface area contributed by atoms with Crippen LogP contribution in [0.4, 0.5) is 23.1 Å². The number of carbonyl (C=O) groups is 2. The van der Waals surface area contributed by atoms with Crippen LogP contribution in [0.15, 0.2) is 47.3 Å². The second-order valence-electron chi connectivity index (χ2n) is 7.36. The molecule has 0 saturated heterocycles. The molecule has 2 heterocycles. The van der Waals surface area contributed by atoms with E-state index in [0.717, 1.165) is 0 Å². The van der Waals surface area contributed by atoms with Crippen LogP contribution in [0.2, 0.25) is 0 Å². The number of rotatable bonds is 7. The number of H-pyrrole nitrogens is 1. The molecule has 11 nitrogen and oxygen atoms in total. The lowest BCUT2D eigenvalue weighted by molar-refractivity contribution is -0.123. The van der Waals surface area contributed by atoms with E-state index in [4.69, 9.17) is 14.2 Å². The lowest BCUT2D eigenvalue weighted by Crippen LogP contribution is -2.36. The Kier molecular flexibility index (Phi) is 6.35. The summed E-state index contributed by atoms with van der Waals surface area (Å²) in [6.07, 6.45) is -0.213. The van der Waals surface area contributed by atoms with Gasteiger partial charge in [0.1, 0.15) is 23.1 Å². The molecule has 1 aliphatic heterocycles. The topological polar surface area (TPSA) is 144 Å². The van der Waals surface area contributed by atoms with Crippen molar-refractivity contribution in [2.24, 2.45) is 0 Å². The first kappa shape index (κ1) is 22.6. The summed E-state index contributed by atoms with van der Waals surface area (Å²) in [6, 6.07) is 12.0. The summed E-state index contributed by atoms with van der Waals surface area (Å²) in [5.41, 5.74) is 0.414. The van der Waals surface area contributed by atoms with E-state index in [1.807, 2.05) is 0 Å². The number of para-hydroxylation sites is 2. The maximum Gasteiger partial charge on any atom is 0.258 e. The van der Waals surface area contributed by atoms with E-state index >= 15 is 0 Å². The number of aromatic amines is 1. The van der Waals surface area contributed by atoms with Gasteiger partial charge >= 0.3 is 0 Å². The Morgan fingerprint density at radius 1 is 1.00 bits per heavy atom. The fourth-order valence-electron chi connectivity index (χ4n) is 3.66. The molecule has 0 spiro atoms. The van der Waals surface area contributed by atoms with Crippen LogP contribution < -0.4 is 35.7 Å². The molecule has 34 heavy (non-hydrogen) atoms. The number of aromatic nitrogens is 2. The van der Waals surface area contributed by atoms with Crippen molar-refractivity contribution in [3.8, 4) is 17.2 Å². The van der Waals surface area contributed by atoms with Crippen molar-refractivity contribution >= 4 is 35.0 Å². The van der Waals surface area contributed by atoms with Crippen LogP contribution in [-0.4, -0.2) is 43.1 Å². The van der Waals surface area contributed by atoms with Crippen LogP contribution in [-0.2, 0) is 9.59 Å². The van der Waals surface area contributed by atoms with Gasteiger partial charge in [-0.15, -0.1) is 0 Å². The van der Waals surface area contributed by atoms with Gasteiger partial charge in [-0.05, 0) is 24.3 Å². The molecule has 0 saturated carbocycles. The van der Waals surface area contributed by atoms with Crippen molar-refractivity contribution in [1.82, 2.24) is 9.97 Å². The normalized spacial score (nSPS) is 14.4. The molecule has 1 unspecified atom stereocenters. The largest absolute Gasteiger partial charge is 0.497 e. The first-order valence-electron chi connectivity index (χ1n) is 10.3. The first-order chi connectivity index (χ1) is 16.4. The van der Waals surface area contributed by atoms with Crippen molar-refractivity contribution in [1.29, 1.82) is 0 Å². The number of carbonyl (C=O) groups excluding carboxylic acids is 2. The van der Waals surface area contributed by atoms with Gasteiger partial charge in [0, 0.05) is 12.5 Å². The molecule has 3 aromatic rings. The monoisotopic (exact) mass is 465 g/mol. The SMILES string of the molecule is COc1ccc(OC)c(NC(=O)C2CC(=O)Nc3nc(Nc4ccccc4OC)[nH]c(=O)c32)c1. The molecule has 1 aromatic heterocycles. The van der Waals surface area contributed by atoms with Crippen LogP contribution in [0.5, 0.6) is 17.2 Å². The smallest absolute Gasteiger partial charge is 0.258 e. The summed E-state index contributed by atoms with van der Waals surface area (Å²) in [4.78, 5) is 45.5. The van der Waals surface area contributed by atoms with Gasteiger partial charge in [0.05, 0.1) is 44.2 Å². The number of hydrogen-bond donors (Lipinski definition) is 4. The third kappa shape index (κ3) is 4.49. The Hall–Kier alpha value is -4.54. The Morgan fingerprint density at radius 2 is 1.74 bits per heavy atom. The van der Waals surface area contributed by atoms with Crippen molar-refractivity contribution in [2.45, 2.75) is 12.3 Å². The first-order valence-corrected chi connectivity index (χ1v) is 10.3. The van der Waals surface area contributed by atoms with Crippen molar-refractivity contribution in [2.75, 3.05) is 37.3 Å². The summed E-state index contributed by atoms with van der Waals surface area (Å²) in [7, 11) is 4.48. The molecule has 0 aliphatic carbocycles. The molecule has 2 aromatic carbocycles. The number of anilines is 4. The maximum absolute atomic E-state index is 13.2. The van der Waals surface area contributed by atoms with E-state index in [9.17, 15) is 14.4 Å². The average molecular weight is 465 g/mol. The number of ether oxygens (including phenoxy) is 3. The minimum Gasteiger partial charge on any atom is -0.497 e. The highest BCUT2D eigenvalue weighted by molar-refractivity contribution is 6.05. The van der Waals surface area contributed by atoms with E-state index < -0.39 is 23.3 Å². The molecule has 0 fully saturated rings. The summed E-state index contributed by atoms with van der Waals surface area (Å²) < 4.78 is 15.8. The Morgan fingerprint density at radius 3 is 2.47 bits per heavy atom. The molecule has 11 heteroatoms. The number of benzene rings is 2. The molecule has 4 rings (SSSR count). The zero-order valence-corrected chi connectivity index (χ0v) is 18.7. The number of amides is 2. The highest BCUT2D eigenvalue weighted by Gasteiger charge is 2.35. The molecule has 0 bridgehead atoms. The molecule has 0 radical (unpaired) electrons. The van der Waals surface area contributed by atoms with E-state index in [2.05, 4.69) is 25.9 Å². The van der Waals surface area contributed by atoms with Gasteiger partial charge in [0.2, 0.25) is 17.8 Å². The van der Waals surface area contributed by atoms with Gasteiger partial charge in [0.25, 0.3) is 5.56 Å². The molecule has 176 valence electrons. The number of methoxy groups -OCH3 is 3. The molecular weight excluding hydrogens is 442 g/mol. The Bertz CT molecular complexity index is 1310. The van der Waals surface area contributed by atoms with E-state index in [1.165, 1.54) is 21.3 Å². The predicted octanol–water partition coefficient (Wildman–Crippen LogP) is 2.60. The third-order valence-electron chi connectivity index (χ3n) is 5.29. The van der Waals surface area contributed by atoms with Crippen LogP contribution in [0.25, 0.3) is 0 Å². The Balaban J connectivity index is 1.66. The van der Waals surface area contributed by atoms with Crippen LogP contribution in [0.1, 0.15) is 17.9 Å². The summed E-state index contributed by atoms with van der Waals surface area (Å²) >= 11 is 0. The van der Waals surface area contributed by atoms with Gasteiger partial charge in [-0.1, -0.05) is 12.1 Å². The zero-order valence-electron chi connectivity index (χ0n) is 18.7. The standard InChI is InChI=1S/C23H23N5O6/c1-32-12-8-9-17(34-3)15(10-12)24-21(30)13-11-18(29)26-20-19(13)22(31)28-23(27-20)25-14-6-4-5-7-16(14)33-2/h4-10,13H,11H2,1-3H3,(H,24,30)(H3,25,26,27,28,29,31). The number of fused-ring (bicyclic) bond motifs is 1. The van der Waals surface area contributed by atoms with Crippen LogP contribution in [0, 0.1) is 0 Å². The maximum atomic E-state index is 13.2. The quantitative estimate of drug-likeness (QED) is 0.417. The van der Waals surface area contributed by atoms with Gasteiger partial charge in [0.15, 0.2) is 0 Å². The molecule has 1 atom stereocenters. The van der Waals surface area contributed by atoms with Gasteiger partial charge < -0.3 is 30.2 Å². The molecule has 4 N–H and O–H groups in total. The lowest BCUT2D eigenvalue weighted by Gasteiger charge is -2.24. The fraction of sp³-hybridized carbons (Fsp3) is 0.217. The zero-order chi connectivity index (χ0) is 24.2. The summed E-state index contributed by atoms with van der Waals surface area (Å²) in [5, 5.41) is 8.27. The van der Waals surface area contributed by atoms with E-state index in [0.29, 0.717) is 28.6 Å². The fourth-order valence-corrected chi connectivity index (χ4v) is 3.66. The molecular formula is C23H23N5O6. The average Bonchev–Trinajstić information content (AvgIpc) is 2.83. The van der Waals surface area contributed by atoms with Gasteiger partial charge in [-0.3, -0.25) is 19.4 Å². The van der Waals surface area contributed by atoms with Crippen molar-refractivity contribution < 1.29 is 23.8 Å². The number of nitrogens with zero attached hydrogens (tertiary/aromatic N) is 1. The number of hydrogen-bond acceptors (Lipinski definition) is 8. The van der Waals surface area contributed by atoms with E-state index in [-0.39, 0.29) is 23.8 Å². The van der Waals surface area contributed by atoms with Crippen LogP contribution in [0.3, 0.4) is 0 Å². The second kappa shape index (κ2) is 9.53. The lowest BCUT2D eigenvalue weighted by atomic mass is 9.92. The highest BCUT2D eigenvalue weighted by atomic mass is 16.5. The minimum absolute atomic E-state index is 0.00940. The summed E-state index contributed by atoms with van der Waals surface area (Å²) in [5.74, 6) is -0.513. The minimum atomic E-state index is -1.06. The van der Waals surface area contributed by atoms with Crippen LogP contribution >= 0.6 is 0 Å². The van der Waals surface area contributed by atoms with Crippen molar-refractivity contribution in [3.63, 3.8) is 0 Å². The third-order valence-corrected chi connectivity index (χ3v) is 5.29. The highest BCUT2D eigenvalue weighted by Crippen LogP contribution is 2.34.